The molecule has 4 saturated carbocycles. The van der Waals surface area contributed by atoms with E-state index in [-0.39, 0.29) is 24.2 Å². The van der Waals surface area contributed by atoms with Crippen LogP contribution in [0.3, 0.4) is 0 Å². The van der Waals surface area contributed by atoms with Gasteiger partial charge in [-0.3, -0.25) is 9.59 Å². The molecule has 0 saturated heterocycles. The van der Waals surface area contributed by atoms with Gasteiger partial charge in [0.25, 0.3) is 5.91 Å². The van der Waals surface area contributed by atoms with Crippen molar-refractivity contribution in [1.29, 1.82) is 0 Å². The van der Waals surface area contributed by atoms with Crippen molar-refractivity contribution in [2.45, 2.75) is 58.1 Å². The van der Waals surface area contributed by atoms with Crippen LogP contribution < -0.4 is 5.32 Å². The number of ether oxygens (including phenoxy) is 1. The molecule has 1 N–H and O–H groups in total. The van der Waals surface area contributed by atoms with Crippen LogP contribution in [0.25, 0.3) is 0 Å². The number of hydrogen-bond donors (Lipinski definition) is 1. The van der Waals surface area contributed by atoms with Crippen molar-refractivity contribution in [1.82, 2.24) is 10.5 Å². The smallest absolute Gasteiger partial charge is 0.316 e. The van der Waals surface area contributed by atoms with Crippen molar-refractivity contribution < 1.29 is 18.8 Å². The molecule has 0 unspecified atom stereocenters. The van der Waals surface area contributed by atoms with Crippen molar-refractivity contribution in [2.24, 2.45) is 23.2 Å². The van der Waals surface area contributed by atoms with Crippen molar-refractivity contribution in [3.8, 4) is 0 Å². The molecule has 28 heavy (non-hydrogen) atoms. The molecule has 0 aliphatic heterocycles. The highest BCUT2D eigenvalue weighted by Crippen LogP contribution is 2.59. The number of nitrogens with zero attached hydrogens (tertiary/aromatic N) is 1. The van der Waals surface area contributed by atoms with Gasteiger partial charge >= 0.3 is 5.97 Å². The number of esters is 1. The van der Waals surface area contributed by atoms with E-state index in [9.17, 15) is 9.59 Å². The fraction of sp³-hybridized carbons (Fsp3) is 0.762. The summed E-state index contributed by atoms with van der Waals surface area (Å²) in [6.07, 6.45) is 7.98. The van der Waals surface area contributed by atoms with E-state index in [1.807, 2.05) is 13.8 Å². The summed E-state index contributed by atoms with van der Waals surface area (Å²) in [4.78, 5) is 24.1. The van der Waals surface area contributed by atoms with E-state index in [1.165, 1.54) is 50.3 Å². The summed E-state index contributed by atoms with van der Waals surface area (Å²) in [5, 5.41) is 6.95. The summed E-state index contributed by atoms with van der Waals surface area (Å²) in [5.41, 5.74) is 2.17. The summed E-state index contributed by atoms with van der Waals surface area (Å²) in [7, 11) is 0. The van der Waals surface area contributed by atoms with E-state index in [4.69, 9.17) is 9.26 Å². The predicted octanol–water partition coefficient (Wildman–Crippen LogP) is 3.40. The highest BCUT2D eigenvalue weighted by Gasteiger charge is 2.50. The van der Waals surface area contributed by atoms with Crippen LogP contribution in [0.4, 0.5) is 0 Å². The van der Waals surface area contributed by atoms with Gasteiger partial charge < -0.3 is 14.6 Å². The molecule has 1 heterocycles. The first-order chi connectivity index (χ1) is 13.4. The maximum Gasteiger partial charge on any atom is 0.316 e. The maximum absolute atomic E-state index is 12.2. The van der Waals surface area contributed by atoms with Crippen LogP contribution in [-0.4, -0.2) is 35.9 Å². The van der Waals surface area contributed by atoms with Gasteiger partial charge in [0.15, 0.2) is 6.61 Å². The normalized spacial score (nSPS) is 30.4. The molecule has 0 atom stereocenters. The number of carbonyl (C=O) groups is 2. The van der Waals surface area contributed by atoms with E-state index >= 15 is 0 Å². The Labute approximate surface area is 170 Å². The fourth-order valence-corrected chi connectivity index (χ4v) is 6.94. The van der Waals surface area contributed by atoms with Gasteiger partial charge in [0, 0.05) is 17.9 Å². The standard InChI is InChI=1S/C21H30N2O4S/c1-13-18(14(2)27-23-13)10-28-11-20(25)26-9-19(24)22-12-21-6-15-3-16(7-21)5-17(4-15)8-21/h15-17H,3-12H2,1-2H3,(H,22,24). The molecule has 1 aromatic rings. The Kier molecular flexibility index (Phi) is 5.72. The lowest BCUT2D eigenvalue weighted by Gasteiger charge is -2.56. The van der Waals surface area contributed by atoms with Gasteiger partial charge in [0.05, 0.1) is 11.4 Å². The molecule has 0 spiro atoms. The number of rotatable bonds is 8. The molecule has 1 aromatic heterocycles. The molecular weight excluding hydrogens is 376 g/mol. The third-order valence-electron chi connectivity index (χ3n) is 6.84. The minimum Gasteiger partial charge on any atom is -0.455 e. The molecule has 0 aromatic carbocycles. The van der Waals surface area contributed by atoms with E-state index < -0.39 is 0 Å². The number of thioether (sulfide) groups is 1. The minimum absolute atomic E-state index is 0.181. The molecule has 4 aliphatic rings. The first-order valence-electron chi connectivity index (χ1n) is 10.3. The van der Waals surface area contributed by atoms with E-state index in [1.54, 1.807) is 0 Å². The largest absolute Gasteiger partial charge is 0.455 e. The van der Waals surface area contributed by atoms with Gasteiger partial charge in [-0.25, -0.2) is 0 Å². The predicted molar refractivity (Wildman–Crippen MR) is 107 cm³/mol. The lowest BCUT2D eigenvalue weighted by molar-refractivity contribution is -0.146. The highest BCUT2D eigenvalue weighted by molar-refractivity contribution is 7.99. The molecule has 5 rings (SSSR count). The molecule has 1 amide bonds. The first-order valence-corrected chi connectivity index (χ1v) is 11.5. The average molecular weight is 407 g/mol. The third kappa shape index (κ3) is 4.39. The Morgan fingerprint density at radius 2 is 1.82 bits per heavy atom. The second-order valence-corrected chi connectivity index (χ2v) is 10.1. The number of hydrogen-bond acceptors (Lipinski definition) is 6. The van der Waals surface area contributed by atoms with Crippen LogP contribution in [0.1, 0.15) is 55.5 Å². The lowest BCUT2D eigenvalue weighted by atomic mass is 9.49. The minimum atomic E-state index is -0.360. The SMILES string of the molecule is Cc1noc(C)c1CSCC(=O)OCC(=O)NCC12CC3CC(CC(C3)C1)C2. The van der Waals surface area contributed by atoms with Gasteiger partial charge in [0.2, 0.25) is 0 Å². The molecule has 4 aliphatic carbocycles. The van der Waals surface area contributed by atoms with Gasteiger partial charge in [0.1, 0.15) is 5.76 Å². The van der Waals surface area contributed by atoms with Crippen molar-refractivity contribution in [3.05, 3.63) is 17.0 Å². The first kappa shape index (κ1) is 19.8. The van der Waals surface area contributed by atoms with Crippen molar-refractivity contribution in [2.75, 3.05) is 18.9 Å². The lowest BCUT2D eigenvalue weighted by Crippen LogP contribution is -2.51. The van der Waals surface area contributed by atoms with Crippen LogP contribution in [-0.2, 0) is 20.1 Å². The third-order valence-corrected chi connectivity index (χ3v) is 7.77. The van der Waals surface area contributed by atoms with Crippen LogP contribution in [0, 0.1) is 37.0 Å². The summed E-state index contributed by atoms with van der Waals surface area (Å²) in [6, 6.07) is 0. The zero-order valence-electron chi connectivity index (χ0n) is 16.8. The fourth-order valence-electron chi connectivity index (χ4n) is 5.98. The zero-order valence-corrected chi connectivity index (χ0v) is 17.6. The van der Waals surface area contributed by atoms with E-state index in [0.717, 1.165) is 41.3 Å². The summed E-state index contributed by atoms with van der Waals surface area (Å²) >= 11 is 1.44. The Morgan fingerprint density at radius 1 is 1.18 bits per heavy atom. The van der Waals surface area contributed by atoms with Gasteiger partial charge in [-0.05, 0) is 75.5 Å². The number of aryl methyl sites for hydroxylation is 2. The highest BCUT2D eigenvalue weighted by atomic mass is 32.2. The van der Waals surface area contributed by atoms with Crippen LogP contribution >= 0.6 is 11.8 Å². The summed E-state index contributed by atoms with van der Waals surface area (Å²) in [6.45, 7) is 4.31. The van der Waals surface area contributed by atoms with Gasteiger partial charge in [-0.1, -0.05) is 5.16 Å². The Balaban J connectivity index is 1.14. The van der Waals surface area contributed by atoms with Crippen LogP contribution in [0.15, 0.2) is 4.52 Å². The molecule has 6 nitrogen and oxygen atoms in total. The van der Waals surface area contributed by atoms with Gasteiger partial charge in [-0.15, -0.1) is 11.8 Å². The van der Waals surface area contributed by atoms with Crippen molar-refractivity contribution >= 4 is 23.6 Å². The Morgan fingerprint density at radius 3 is 2.39 bits per heavy atom. The topological polar surface area (TPSA) is 81.4 Å². The second kappa shape index (κ2) is 8.09. The monoisotopic (exact) mass is 406 g/mol. The number of nitrogens with one attached hydrogen (secondary N) is 1. The number of carbonyl (C=O) groups excluding carboxylic acids is 2. The second-order valence-electron chi connectivity index (χ2n) is 9.15. The molecule has 0 radical (unpaired) electrons. The molecular formula is C21H30N2O4S. The Hall–Kier alpha value is -1.50. The van der Waals surface area contributed by atoms with Crippen molar-refractivity contribution in [3.63, 3.8) is 0 Å². The molecule has 154 valence electrons. The van der Waals surface area contributed by atoms with Crippen LogP contribution in [0.2, 0.25) is 0 Å². The Bertz CT molecular complexity index is 690. The summed E-state index contributed by atoms with van der Waals surface area (Å²) in [5.74, 6) is 3.71. The molecule has 4 bridgehead atoms. The quantitative estimate of drug-likeness (QED) is 0.667. The number of aromatic nitrogens is 1. The maximum atomic E-state index is 12.2. The van der Waals surface area contributed by atoms with E-state index in [2.05, 4.69) is 10.5 Å². The average Bonchev–Trinajstić information content (AvgIpc) is 2.96. The number of amides is 1. The van der Waals surface area contributed by atoms with Crippen LogP contribution in [0.5, 0.6) is 0 Å². The summed E-state index contributed by atoms with van der Waals surface area (Å²) < 4.78 is 10.3. The molecule has 4 fully saturated rings. The van der Waals surface area contributed by atoms with E-state index in [0.29, 0.717) is 11.2 Å². The molecule has 7 heteroatoms. The van der Waals surface area contributed by atoms with Gasteiger partial charge in [-0.2, -0.15) is 0 Å². The zero-order chi connectivity index (χ0) is 19.7.